The van der Waals surface area contributed by atoms with E-state index < -0.39 is 24.2 Å². The van der Waals surface area contributed by atoms with Gasteiger partial charge >= 0.3 is 0 Å². The Labute approximate surface area is 165 Å². The molecule has 1 aromatic rings. The molecule has 146 valence electrons. The molecule has 0 aromatic heterocycles. The summed E-state index contributed by atoms with van der Waals surface area (Å²) in [7, 11) is 1.72. The molecule has 3 rings (SSSR count). The fraction of sp³-hybridized carbons (Fsp3) is 0.500. The van der Waals surface area contributed by atoms with Crippen LogP contribution in [-0.4, -0.2) is 64.0 Å². The van der Waals surface area contributed by atoms with Crippen LogP contribution in [0.25, 0.3) is 0 Å². The van der Waals surface area contributed by atoms with Gasteiger partial charge in [-0.15, -0.1) is 6.58 Å². The highest BCUT2D eigenvalue weighted by atomic mass is 32.1. The Bertz CT molecular complexity index is 749. The lowest BCUT2D eigenvalue weighted by Gasteiger charge is -2.42. The molecule has 7 heteroatoms. The lowest BCUT2D eigenvalue weighted by atomic mass is 9.77. The Hall–Kier alpha value is -1.96. The van der Waals surface area contributed by atoms with Gasteiger partial charge in [0.25, 0.3) is 0 Å². The molecular weight excluding hydrogens is 362 g/mol. The first-order valence-electron chi connectivity index (χ1n) is 9.14. The summed E-state index contributed by atoms with van der Waals surface area (Å²) in [6.45, 7) is 8.14. The smallest absolute Gasteiger partial charge is 0.227 e. The standard InChI is InChI=1S/C20H27N3O3S/c1-5-6-22(4)19(26)14-10-15(24)18(25)16-17(14)23(20(27)21-16)13-8-11(2)7-12(3)9-13/h5,7-9,14-18,24-25H,1,6,10H2,2-4H3,(H,21,27)/t14-,15-,16-,17+,18+/m1/s1. The van der Waals surface area contributed by atoms with Crippen LogP contribution in [0.1, 0.15) is 17.5 Å². The number of aliphatic hydroxyl groups is 2. The van der Waals surface area contributed by atoms with Crippen molar-refractivity contribution in [2.75, 3.05) is 18.5 Å². The van der Waals surface area contributed by atoms with Crippen LogP contribution in [-0.2, 0) is 4.79 Å². The lowest BCUT2D eigenvalue weighted by molar-refractivity contribution is -0.139. The third kappa shape index (κ3) is 3.59. The van der Waals surface area contributed by atoms with Gasteiger partial charge in [0.2, 0.25) is 5.91 Å². The summed E-state index contributed by atoms with van der Waals surface area (Å²) in [5.41, 5.74) is 3.09. The molecule has 1 aromatic carbocycles. The van der Waals surface area contributed by atoms with Gasteiger partial charge in [-0.1, -0.05) is 12.1 Å². The quantitative estimate of drug-likeness (QED) is 0.529. The number of aryl methyl sites for hydroxylation is 2. The first-order chi connectivity index (χ1) is 12.7. The van der Waals surface area contributed by atoms with Crippen molar-refractivity contribution in [2.45, 2.75) is 44.6 Å². The molecule has 1 amide bonds. The number of thiocarbonyl (C=S) groups is 1. The number of nitrogens with one attached hydrogen (secondary N) is 1. The van der Waals surface area contributed by atoms with Crippen LogP contribution in [0.3, 0.4) is 0 Å². The highest BCUT2D eigenvalue weighted by Gasteiger charge is 2.54. The van der Waals surface area contributed by atoms with E-state index >= 15 is 0 Å². The monoisotopic (exact) mass is 389 g/mol. The number of carbonyl (C=O) groups is 1. The summed E-state index contributed by atoms with van der Waals surface area (Å²) in [5.74, 6) is -0.580. The molecule has 1 saturated carbocycles. The second-order valence-electron chi connectivity index (χ2n) is 7.59. The second-order valence-corrected chi connectivity index (χ2v) is 7.98. The Morgan fingerprint density at radius 1 is 1.37 bits per heavy atom. The largest absolute Gasteiger partial charge is 0.390 e. The average molecular weight is 390 g/mol. The highest BCUT2D eigenvalue weighted by Crippen LogP contribution is 2.37. The number of likely N-dealkylation sites (N-methyl/N-ethyl adjacent to an activating group) is 1. The minimum atomic E-state index is -0.988. The first kappa shape index (κ1) is 19.8. The van der Waals surface area contributed by atoms with E-state index in [0.717, 1.165) is 16.8 Å². The zero-order valence-corrected chi connectivity index (χ0v) is 16.7. The Balaban J connectivity index is 2.03. The number of hydrogen-bond acceptors (Lipinski definition) is 4. The predicted molar refractivity (Wildman–Crippen MR) is 110 cm³/mol. The molecule has 1 aliphatic heterocycles. The fourth-order valence-corrected chi connectivity index (χ4v) is 4.65. The van der Waals surface area contributed by atoms with Crippen LogP contribution >= 0.6 is 12.2 Å². The van der Waals surface area contributed by atoms with Crippen molar-refractivity contribution in [1.29, 1.82) is 0 Å². The van der Waals surface area contributed by atoms with Gasteiger partial charge in [0.05, 0.1) is 24.1 Å². The topological polar surface area (TPSA) is 76.0 Å². The Kier molecular flexibility index (Phi) is 5.55. The zero-order chi connectivity index (χ0) is 19.9. The molecule has 1 saturated heterocycles. The highest BCUT2D eigenvalue weighted by molar-refractivity contribution is 7.80. The number of carbonyl (C=O) groups excluding carboxylic acids is 1. The summed E-state index contributed by atoms with van der Waals surface area (Å²) in [4.78, 5) is 16.6. The van der Waals surface area contributed by atoms with Crippen molar-refractivity contribution in [3.63, 3.8) is 0 Å². The van der Waals surface area contributed by atoms with Gasteiger partial charge in [0.15, 0.2) is 5.11 Å². The van der Waals surface area contributed by atoms with E-state index in [1.54, 1.807) is 18.0 Å². The SMILES string of the molecule is C=CCN(C)C(=O)[C@@H]1C[C@@H](O)[C@H](O)[C@@H]2NC(=S)N(c3cc(C)cc(C)c3)[C@H]21. The van der Waals surface area contributed by atoms with E-state index in [4.69, 9.17) is 12.2 Å². The number of nitrogens with zero attached hydrogens (tertiary/aromatic N) is 2. The molecule has 6 nitrogen and oxygen atoms in total. The summed E-state index contributed by atoms with van der Waals surface area (Å²) in [5, 5.41) is 24.5. The van der Waals surface area contributed by atoms with E-state index in [1.165, 1.54) is 0 Å². The number of rotatable bonds is 4. The maximum atomic E-state index is 13.1. The van der Waals surface area contributed by atoms with E-state index in [9.17, 15) is 15.0 Å². The predicted octanol–water partition coefficient (Wildman–Crippen LogP) is 1.12. The molecule has 2 aliphatic rings. The Morgan fingerprint density at radius 2 is 2.00 bits per heavy atom. The molecule has 1 aliphatic carbocycles. The van der Waals surface area contributed by atoms with Crippen molar-refractivity contribution in [3.05, 3.63) is 42.0 Å². The number of aliphatic hydroxyl groups excluding tert-OH is 2. The number of anilines is 1. The second kappa shape index (κ2) is 7.58. The fourth-order valence-electron chi connectivity index (χ4n) is 4.28. The van der Waals surface area contributed by atoms with Crippen molar-refractivity contribution in [2.24, 2.45) is 5.92 Å². The van der Waals surface area contributed by atoms with Crippen LogP contribution in [0.4, 0.5) is 5.69 Å². The van der Waals surface area contributed by atoms with Crippen molar-refractivity contribution in [3.8, 4) is 0 Å². The molecule has 3 N–H and O–H groups in total. The van der Waals surface area contributed by atoms with Crippen LogP contribution in [0.5, 0.6) is 0 Å². The van der Waals surface area contributed by atoms with Crippen LogP contribution in [0, 0.1) is 19.8 Å². The van der Waals surface area contributed by atoms with Gasteiger partial charge in [0.1, 0.15) is 6.10 Å². The van der Waals surface area contributed by atoms with Crippen molar-refractivity contribution >= 4 is 28.9 Å². The average Bonchev–Trinajstić information content (AvgIpc) is 2.94. The minimum absolute atomic E-state index is 0.0864. The minimum Gasteiger partial charge on any atom is -0.390 e. The third-order valence-corrected chi connectivity index (χ3v) is 5.74. The van der Waals surface area contributed by atoms with Gasteiger partial charge in [-0.2, -0.15) is 0 Å². The lowest BCUT2D eigenvalue weighted by Crippen LogP contribution is -2.61. The summed E-state index contributed by atoms with van der Waals surface area (Å²) >= 11 is 5.55. The molecule has 5 atom stereocenters. The molecule has 0 radical (unpaired) electrons. The van der Waals surface area contributed by atoms with Crippen LogP contribution < -0.4 is 10.2 Å². The molecule has 1 heterocycles. The van der Waals surface area contributed by atoms with Gasteiger partial charge < -0.3 is 25.3 Å². The van der Waals surface area contributed by atoms with Crippen LogP contribution in [0.15, 0.2) is 30.9 Å². The first-order valence-corrected chi connectivity index (χ1v) is 9.55. The van der Waals surface area contributed by atoms with Gasteiger partial charge in [0, 0.05) is 19.3 Å². The molecule has 0 unspecified atom stereocenters. The third-order valence-electron chi connectivity index (χ3n) is 5.43. The molecule has 0 spiro atoms. The summed E-state index contributed by atoms with van der Waals surface area (Å²) < 4.78 is 0. The molecular formula is C20H27N3O3S. The van der Waals surface area contributed by atoms with Crippen molar-refractivity contribution < 1.29 is 15.0 Å². The number of amides is 1. The van der Waals surface area contributed by atoms with Gasteiger partial charge in [-0.25, -0.2) is 0 Å². The molecule has 2 fully saturated rings. The van der Waals surface area contributed by atoms with E-state index in [-0.39, 0.29) is 18.4 Å². The van der Waals surface area contributed by atoms with Gasteiger partial charge in [-0.3, -0.25) is 4.79 Å². The normalized spacial score (nSPS) is 29.9. The number of fused-ring (bicyclic) bond motifs is 1. The van der Waals surface area contributed by atoms with Crippen molar-refractivity contribution in [1.82, 2.24) is 10.2 Å². The molecule has 0 bridgehead atoms. The zero-order valence-electron chi connectivity index (χ0n) is 15.9. The van der Waals surface area contributed by atoms with Crippen LogP contribution in [0.2, 0.25) is 0 Å². The van der Waals surface area contributed by atoms with Gasteiger partial charge in [-0.05, 0) is 55.7 Å². The van der Waals surface area contributed by atoms with E-state index in [2.05, 4.69) is 18.0 Å². The summed E-state index contributed by atoms with van der Waals surface area (Å²) in [6.07, 6.45) is -0.110. The Morgan fingerprint density at radius 3 is 2.59 bits per heavy atom. The number of hydrogen-bond donors (Lipinski definition) is 3. The summed E-state index contributed by atoms with van der Waals surface area (Å²) in [6, 6.07) is 5.25. The number of benzene rings is 1. The maximum absolute atomic E-state index is 13.1. The maximum Gasteiger partial charge on any atom is 0.227 e. The van der Waals surface area contributed by atoms with E-state index in [1.807, 2.05) is 30.9 Å². The molecule has 27 heavy (non-hydrogen) atoms. The van der Waals surface area contributed by atoms with E-state index in [0.29, 0.717) is 11.7 Å².